The first-order valence-corrected chi connectivity index (χ1v) is 9.92. The Bertz CT molecular complexity index is 418. The third kappa shape index (κ3) is 2.78. The highest BCUT2D eigenvalue weighted by Gasteiger charge is 2.41. The van der Waals surface area contributed by atoms with Crippen molar-refractivity contribution in [3.05, 3.63) is 12.2 Å². The van der Waals surface area contributed by atoms with E-state index >= 15 is 0 Å². The summed E-state index contributed by atoms with van der Waals surface area (Å²) in [6.07, 6.45) is 16.6. The van der Waals surface area contributed by atoms with Gasteiger partial charge >= 0.3 is 0 Å². The van der Waals surface area contributed by atoms with E-state index in [1.165, 1.54) is 57.9 Å². The van der Waals surface area contributed by atoms with Crippen LogP contribution in [0.3, 0.4) is 0 Å². The minimum Gasteiger partial charge on any atom is -0.311 e. The van der Waals surface area contributed by atoms with Crippen molar-refractivity contribution in [3.63, 3.8) is 0 Å². The van der Waals surface area contributed by atoms with Gasteiger partial charge in [0.15, 0.2) is 0 Å². The predicted octanol–water partition coefficient (Wildman–Crippen LogP) is 3.97. The zero-order valence-electron chi connectivity index (χ0n) is 14.5. The molecule has 0 spiro atoms. The number of fused-ring (bicyclic) bond motifs is 2. The van der Waals surface area contributed by atoms with Gasteiger partial charge in [0.1, 0.15) is 0 Å². The summed E-state index contributed by atoms with van der Waals surface area (Å²) in [6.45, 7) is 6.17. The second-order valence-electron chi connectivity index (χ2n) is 8.60. The molecule has 3 heterocycles. The van der Waals surface area contributed by atoms with Gasteiger partial charge in [0.25, 0.3) is 0 Å². The van der Waals surface area contributed by atoms with Gasteiger partial charge in [-0.25, -0.2) is 0 Å². The smallest absolute Gasteiger partial charge is 0.0281 e. The lowest BCUT2D eigenvalue weighted by Gasteiger charge is -2.50. The first-order valence-electron chi connectivity index (χ1n) is 9.92. The molecule has 3 fully saturated rings. The normalized spacial score (nSPS) is 49.5. The van der Waals surface area contributed by atoms with E-state index in [9.17, 15) is 0 Å². The van der Waals surface area contributed by atoms with Crippen LogP contribution in [0.4, 0.5) is 0 Å². The van der Waals surface area contributed by atoms with E-state index in [1.54, 1.807) is 0 Å². The fraction of sp³-hybridized carbons (Fsp3) is 0.900. The van der Waals surface area contributed by atoms with Crippen molar-refractivity contribution in [1.29, 1.82) is 0 Å². The summed E-state index contributed by atoms with van der Waals surface area (Å²) in [7, 11) is 0. The minimum atomic E-state index is 0.744. The van der Waals surface area contributed by atoms with Gasteiger partial charge in [-0.2, -0.15) is 0 Å². The topological polar surface area (TPSA) is 15.3 Å². The molecule has 22 heavy (non-hydrogen) atoms. The standard InChI is InChI=1S/C20H34N2/c1-14-9-12-19-18(7-4-8-20(19)21-14)16-10-11-17-6-3-5-15(2)22(17)13-16/h10-11,14-21H,3-9,12-13H2,1-2H3. The molecule has 7 atom stereocenters. The van der Waals surface area contributed by atoms with Crippen LogP contribution in [0, 0.1) is 17.8 Å². The molecule has 0 aromatic rings. The molecule has 124 valence electrons. The van der Waals surface area contributed by atoms with Gasteiger partial charge in [0.2, 0.25) is 0 Å². The first kappa shape index (κ1) is 15.2. The van der Waals surface area contributed by atoms with Crippen LogP contribution in [0.2, 0.25) is 0 Å². The van der Waals surface area contributed by atoms with Crippen molar-refractivity contribution in [2.24, 2.45) is 17.8 Å². The third-order valence-electron chi connectivity index (χ3n) is 7.22. The molecule has 2 heteroatoms. The van der Waals surface area contributed by atoms with Crippen LogP contribution in [0.1, 0.15) is 65.2 Å². The van der Waals surface area contributed by atoms with E-state index in [0.29, 0.717) is 0 Å². The van der Waals surface area contributed by atoms with Crippen LogP contribution in [-0.4, -0.2) is 35.6 Å². The minimum absolute atomic E-state index is 0.744. The van der Waals surface area contributed by atoms with Crippen molar-refractivity contribution in [3.8, 4) is 0 Å². The molecular formula is C20H34N2. The molecule has 3 aliphatic heterocycles. The van der Waals surface area contributed by atoms with Gasteiger partial charge in [-0.15, -0.1) is 0 Å². The van der Waals surface area contributed by atoms with Crippen LogP contribution in [-0.2, 0) is 0 Å². The Hall–Kier alpha value is -0.340. The fourth-order valence-corrected chi connectivity index (χ4v) is 6.00. The van der Waals surface area contributed by atoms with Crippen molar-refractivity contribution in [2.75, 3.05) is 6.54 Å². The summed E-state index contributed by atoms with van der Waals surface area (Å²) in [4.78, 5) is 2.83. The molecule has 7 unspecified atom stereocenters. The molecular weight excluding hydrogens is 268 g/mol. The first-order chi connectivity index (χ1) is 10.7. The van der Waals surface area contributed by atoms with Crippen molar-refractivity contribution in [2.45, 2.75) is 89.4 Å². The van der Waals surface area contributed by atoms with Crippen LogP contribution < -0.4 is 5.32 Å². The van der Waals surface area contributed by atoms with Gasteiger partial charge in [0, 0.05) is 30.7 Å². The lowest BCUT2D eigenvalue weighted by atomic mass is 9.65. The van der Waals surface area contributed by atoms with E-state index in [2.05, 4.69) is 36.2 Å². The Morgan fingerprint density at radius 1 is 0.864 bits per heavy atom. The second kappa shape index (κ2) is 6.28. The predicted molar refractivity (Wildman–Crippen MR) is 92.9 cm³/mol. The number of nitrogens with zero attached hydrogens (tertiary/aromatic N) is 1. The monoisotopic (exact) mass is 302 g/mol. The Morgan fingerprint density at radius 3 is 2.64 bits per heavy atom. The van der Waals surface area contributed by atoms with E-state index < -0.39 is 0 Å². The maximum Gasteiger partial charge on any atom is 0.0281 e. The number of hydrogen-bond donors (Lipinski definition) is 1. The van der Waals surface area contributed by atoms with E-state index in [-0.39, 0.29) is 0 Å². The molecule has 1 N–H and O–H groups in total. The number of rotatable bonds is 1. The SMILES string of the molecule is CC1CCC2C(CCCC2C2C=CC3CCCC(C)N3C2)N1. The Labute approximate surface area is 136 Å². The van der Waals surface area contributed by atoms with Gasteiger partial charge in [-0.1, -0.05) is 25.0 Å². The van der Waals surface area contributed by atoms with Gasteiger partial charge in [-0.05, 0) is 70.1 Å². The number of hydrogen-bond acceptors (Lipinski definition) is 2. The van der Waals surface area contributed by atoms with Crippen molar-refractivity contribution in [1.82, 2.24) is 10.2 Å². The van der Waals surface area contributed by atoms with E-state index in [1.807, 2.05) is 0 Å². The Morgan fingerprint density at radius 2 is 1.73 bits per heavy atom. The lowest BCUT2D eigenvalue weighted by Crippen LogP contribution is -2.54. The Kier molecular flexibility index (Phi) is 4.34. The zero-order chi connectivity index (χ0) is 15.1. The maximum absolute atomic E-state index is 3.91. The highest BCUT2D eigenvalue weighted by Crippen LogP contribution is 2.43. The average Bonchev–Trinajstić information content (AvgIpc) is 2.54. The summed E-state index contributed by atoms with van der Waals surface area (Å²) < 4.78 is 0. The summed E-state index contributed by atoms with van der Waals surface area (Å²) in [6, 6.07) is 3.11. The van der Waals surface area contributed by atoms with Crippen LogP contribution in [0.25, 0.3) is 0 Å². The summed E-state index contributed by atoms with van der Waals surface area (Å²) in [5.41, 5.74) is 0. The number of nitrogens with one attached hydrogen (secondary N) is 1. The molecule has 0 bridgehead atoms. The van der Waals surface area contributed by atoms with Gasteiger partial charge < -0.3 is 5.32 Å². The molecule has 0 aromatic heterocycles. The summed E-state index contributed by atoms with van der Waals surface area (Å²) in [5.74, 6) is 2.70. The molecule has 0 amide bonds. The van der Waals surface area contributed by atoms with Crippen LogP contribution in [0.15, 0.2) is 12.2 Å². The van der Waals surface area contributed by atoms with Gasteiger partial charge in [0.05, 0.1) is 0 Å². The highest BCUT2D eigenvalue weighted by atomic mass is 15.2. The molecule has 0 radical (unpaired) electrons. The third-order valence-corrected chi connectivity index (χ3v) is 7.22. The summed E-state index contributed by atoms with van der Waals surface area (Å²) >= 11 is 0. The number of piperidine rings is 2. The van der Waals surface area contributed by atoms with Gasteiger partial charge in [-0.3, -0.25) is 4.90 Å². The lowest BCUT2D eigenvalue weighted by molar-refractivity contribution is 0.0408. The van der Waals surface area contributed by atoms with Crippen LogP contribution in [0.5, 0.6) is 0 Å². The fourth-order valence-electron chi connectivity index (χ4n) is 6.00. The van der Waals surface area contributed by atoms with E-state index in [4.69, 9.17) is 0 Å². The second-order valence-corrected chi connectivity index (χ2v) is 8.60. The Balaban J connectivity index is 1.49. The largest absolute Gasteiger partial charge is 0.311 e. The average molecular weight is 303 g/mol. The molecule has 2 nitrogen and oxygen atoms in total. The molecule has 2 saturated heterocycles. The van der Waals surface area contributed by atoms with Crippen LogP contribution >= 0.6 is 0 Å². The highest BCUT2D eigenvalue weighted by molar-refractivity contribution is 5.09. The molecule has 0 aromatic carbocycles. The molecule has 1 saturated carbocycles. The molecule has 1 aliphatic carbocycles. The molecule has 4 aliphatic rings. The molecule has 4 rings (SSSR count). The van der Waals surface area contributed by atoms with Crippen molar-refractivity contribution >= 4 is 0 Å². The zero-order valence-corrected chi connectivity index (χ0v) is 14.5. The van der Waals surface area contributed by atoms with E-state index in [0.717, 1.165) is 41.9 Å². The van der Waals surface area contributed by atoms with Crippen molar-refractivity contribution < 1.29 is 0 Å². The maximum atomic E-state index is 3.91. The summed E-state index contributed by atoms with van der Waals surface area (Å²) in [5, 5.41) is 3.91. The quantitative estimate of drug-likeness (QED) is 0.737.